The minimum Gasteiger partial charge on any atom is -0.507 e. The lowest BCUT2D eigenvalue weighted by Crippen LogP contribution is -2.39. The number of hydrogen-bond donors (Lipinski definition) is 1. The summed E-state index contributed by atoms with van der Waals surface area (Å²) in [6.07, 6.45) is -0.601. The van der Waals surface area contributed by atoms with E-state index in [1.165, 1.54) is 0 Å². The highest BCUT2D eigenvalue weighted by molar-refractivity contribution is 14.1. The highest BCUT2D eigenvalue weighted by Gasteiger charge is 2.38. The molecule has 128 valence electrons. The van der Waals surface area contributed by atoms with Crippen LogP contribution in [-0.2, 0) is 0 Å². The first-order chi connectivity index (χ1) is 12.7. The highest BCUT2D eigenvalue weighted by atomic mass is 127. The smallest absolute Gasteiger partial charge is 0.203 e. The summed E-state index contributed by atoms with van der Waals surface area (Å²) in [6.45, 7) is 0. The second-order valence-corrected chi connectivity index (χ2v) is 7.23. The maximum atomic E-state index is 10.4. The first-order valence-electron chi connectivity index (χ1n) is 8.16. The van der Waals surface area contributed by atoms with E-state index in [1.807, 2.05) is 65.6 Å². The van der Waals surface area contributed by atoms with Gasteiger partial charge in [0, 0.05) is 14.8 Å². The minimum absolute atomic E-state index is 0.143. The lowest BCUT2D eigenvalue weighted by molar-refractivity contribution is 0.168. The number of phenols is 1. The summed E-state index contributed by atoms with van der Waals surface area (Å²) in [4.78, 5) is 1.91. The van der Waals surface area contributed by atoms with Crippen LogP contribution in [0.3, 0.4) is 0 Å². The lowest BCUT2D eigenvalue weighted by atomic mass is 9.99. The number of rotatable bonds is 2. The Morgan fingerprint density at radius 3 is 2.27 bits per heavy atom. The largest absolute Gasteiger partial charge is 0.507 e. The van der Waals surface area contributed by atoms with Crippen molar-refractivity contribution in [2.45, 2.75) is 12.3 Å². The summed E-state index contributed by atoms with van der Waals surface area (Å²) >= 11 is 2.25. The molecule has 0 fully saturated rings. The normalized spacial score (nSPS) is 18.5. The quantitative estimate of drug-likeness (QED) is 0.544. The third kappa shape index (κ3) is 2.86. The van der Waals surface area contributed by atoms with Gasteiger partial charge in [0.1, 0.15) is 17.5 Å². The molecule has 4 nitrogen and oxygen atoms in total. The molecule has 1 aliphatic heterocycles. The van der Waals surface area contributed by atoms with E-state index in [-0.39, 0.29) is 5.75 Å². The van der Waals surface area contributed by atoms with Crippen molar-refractivity contribution in [2.24, 2.45) is 0 Å². The van der Waals surface area contributed by atoms with Gasteiger partial charge in [-0.25, -0.2) is 0 Å². The number of nitrogens with zero attached hydrogens (tertiary/aromatic N) is 2. The van der Waals surface area contributed by atoms with E-state index in [0.717, 1.165) is 14.8 Å². The molecule has 3 aromatic rings. The molecule has 0 saturated carbocycles. The predicted molar refractivity (Wildman–Crippen MR) is 108 cm³/mol. The van der Waals surface area contributed by atoms with Crippen molar-refractivity contribution >= 4 is 28.3 Å². The maximum absolute atomic E-state index is 10.4. The Morgan fingerprint density at radius 1 is 0.923 bits per heavy atom. The van der Waals surface area contributed by atoms with Gasteiger partial charge >= 0.3 is 0 Å². The average Bonchev–Trinajstić information content (AvgIpc) is 2.67. The zero-order chi connectivity index (χ0) is 18.1. The molecule has 0 unspecified atom stereocenters. The number of aromatic hydroxyl groups is 1. The van der Waals surface area contributed by atoms with Crippen LogP contribution in [-0.4, -0.2) is 5.11 Å². The maximum Gasteiger partial charge on any atom is 0.203 e. The van der Waals surface area contributed by atoms with E-state index in [0.29, 0.717) is 11.3 Å². The Morgan fingerprint density at radius 2 is 1.58 bits per heavy atom. The number of hydrogen-bond acceptors (Lipinski definition) is 4. The molecule has 4 rings (SSSR count). The molecule has 3 aromatic carbocycles. The monoisotopic (exact) mass is 454 g/mol. The zero-order valence-electron chi connectivity index (χ0n) is 13.7. The van der Waals surface area contributed by atoms with Gasteiger partial charge in [0.25, 0.3) is 0 Å². The minimum atomic E-state index is -0.601. The number of anilines is 1. The number of fused-ring (bicyclic) bond motifs is 1. The van der Waals surface area contributed by atoms with Gasteiger partial charge in [-0.1, -0.05) is 30.3 Å². The van der Waals surface area contributed by atoms with Crippen molar-refractivity contribution in [3.63, 3.8) is 0 Å². The number of para-hydroxylation sites is 2. The SMILES string of the molecule is N#C[C@@H]1c2ccccc2O[C@@H](c2ccccc2O)N1c1ccc(I)cc1. The van der Waals surface area contributed by atoms with Crippen LogP contribution in [0.2, 0.25) is 0 Å². The Kier molecular flexibility index (Phi) is 4.43. The van der Waals surface area contributed by atoms with Crippen LogP contribution >= 0.6 is 22.6 Å². The topological polar surface area (TPSA) is 56.5 Å². The van der Waals surface area contributed by atoms with Crippen molar-refractivity contribution in [3.05, 3.63) is 87.5 Å². The van der Waals surface area contributed by atoms with E-state index in [4.69, 9.17) is 4.74 Å². The standard InChI is InChI=1S/C21H15IN2O2/c22-14-9-11-15(12-10-14)24-18(13-23)16-5-2-4-8-20(16)26-21(24)17-6-1-3-7-19(17)25/h1-12,18,21,25H/t18-,21+/m1/s1. The molecule has 2 atom stereocenters. The van der Waals surface area contributed by atoms with Crippen molar-refractivity contribution in [2.75, 3.05) is 4.90 Å². The van der Waals surface area contributed by atoms with E-state index in [2.05, 4.69) is 28.7 Å². The van der Waals surface area contributed by atoms with Gasteiger partial charge in [-0.05, 0) is 65.1 Å². The lowest BCUT2D eigenvalue weighted by Gasteiger charge is -2.41. The molecule has 26 heavy (non-hydrogen) atoms. The van der Waals surface area contributed by atoms with Crippen molar-refractivity contribution in [1.29, 1.82) is 5.26 Å². The van der Waals surface area contributed by atoms with E-state index >= 15 is 0 Å². The first kappa shape index (κ1) is 16.7. The third-order valence-electron chi connectivity index (χ3n) is 4.43. The molecule has 0 spiro atoms. The molecule has 0 aliphatic carbocycles. The molecule has 0 aromatic heterocycles. The molecular formula is C21H15IN2O2. The number of nitriles is 1. The second kappa shape index (κ2) is 6.89. The van der Waals surface area contributed by atoms with Crippen molar-refractivity contribution in [1.82, 2.24) is 0 Å². The van der Waals surface area contributed by atoms with Crippen molar-refractivity contribution in [3.8, 4) is 17.6 Å². The fourth-order valence-corrected chi connectivity index (χ4v) is 3.57. The molecule has 1 heterocycles. The van der Waals surface area contributed by atoms with Crippen LogP contribution in [0.15, 0.2) is 72.8 Å². The highest BCUT2D eigenvalue weighted by Crippen LogP contribution is 2.46. The third-order valence-corrected chi connectivity index (χ3v) is 5.15. The summed E-state index contributed by atoms with van der Waals surface area (Å²) in [5.41, 5.74) is 2.31. The molecule has 0 bridgehead atoms. The Hall–Kier alpha value is -2.72. The molecule has 0 saturated heterocycles. The molecular weight excluding hydrogens is 439 g/mol. The van der Waals surface area contributed by atoms with Gasteiger partial charge in [0.05, 0.1) is 11.6 Å². The van der Waals surface area contributed by atoms with Gasteiger partial charge in [-0.3, -0.25) is 0 Å². The van der Waals surface area contributed by atoms with E-state index in [1.54, 1.807) is 12.1 Å². The predicted octanol–water partition coefficient (Wildman–Crippen LogP) is 5.16. The van der Waals surface area contributed by atoms with Gasteiger partial charge in [0.15, 0.2) is 0 Å². The molecule has 1 aliphatic rings. The van der Waals surface area contributed by atoms with Gasteiger partial charge in [-0.15, -0.1) is 0 Å². The fraction of sp³-hybridized carbons (Fsp3) is 0.0952. The van der Waals surface area contributed by atoms with Crippen LogP contribution in [0.1, 0.15) is 23.4 Å². The van der Waals surface area contributed by atoms with Crippen molar-refractivity contribution < 1.29 is 9.84 Å². The molecule has 0 amide bonds. The Balaban J connectivity index is 1.91. The van der Waals surface area contributed by atoms with E-state index in [9.17, 15) is 10.4 Å². The van der Waals surface area contributed by atoms with Gasteiger partial charge in [0.2, 0.25) is 6.23 Å². The number of benzene rings is 3. The first-order valence-corrected chi connectivity index (χ1v) is 9.24. The Labute approximate surface area is 165 Å². The summed E-state index contributed by atoms with van der Waals surface area (Å²) in [6, 6.07) is 24.4. The summed E-state index contributed by atoms with van der Waals surface area (Å²) in [5, 5.41) is 20.3. The number of halogens is 1. The number of phenolic OH excluding ortho intramolecular Hbond substituents is 1. The van der Waals surface area contributed by atoms with Gasteiger partial charge < -0.3 is 14.7 Å². The summed E-state index contributed by atoms with van der Waals surface area (Å²) < 4.78 is 7.35. The average molecular weight is 454 g/mol. The zero-order valence-corrected chi connectivity index (χ0v) is 15.9. The fourth-order valence-electron chi connectivity index (χ4n) is 3.22. The molecule has 1 N–H and O–H groups in total. The Bertz CT molecular complexity index is 982. The summed E-state index contributed by atoms with van der Waals surface area (Å²) in [7, 11) is 0. The van der Waals surface area contributed by atoms with Crippen LogP contribution in [0, 0.1) is 14.9 Å². The molecule has 0 radical (unpaired) electrons. The summed E-state index contributed by atoms with van der Waals surface area (Å²) in [5.74, 6) is 0.804. The van der Waals surface area contributed by atoms with Gasteiger partial charge in [-0.2, -0.15) is 5.26 Å². The van der Waals surface area contributed by atoms with E-state index < -0.39 is 12.3 Å². The number of ether oxygens (including phenoxy) is 1. The second-order valence-electron chi connectivity index (χ2n) is 5.98. The van der Waals surface area contributed by atoms with Crippen LogP contribution < -0.4 is 9.64 Å². The van der Waals surface area contributed by atoms with Crippen LogP contribution in [0.4, 0.5) is 5.69 Å². The van der Waals surface area contributed by atoms with Crippen LogP contribution in [0.5, 0.6) is 11.5 Å². The van der Waals surface area contributed by atoms with Crippen LogP contribution in [0.25, 0.3) is 0 Å². The molecule has 5 heteroatoms.